The van der Waals surface area contributed by atoms with Crippen LogP contribution in [0.5, 0.6) is 0 Å². The third-order valence-corrected chi connectivity index (χ3v) is 7.47. The summed E-state index contributed by atoms with van der Waals surface area (Å²) in [5.74, 6) is -3.26. The number of carboxylic acids is 2. The summed E-state index contributed by atoms with van der Waals surface area (Å²) >= 11 is 0. The van der Waals surface area contributed by atoms with Gasteiger partial charge in [0.05, 0.1) is 0 Å². The third kappa shape index (κ3) is 27.6. The molecule has 7 N–H and O–H groups in total. The van der Waals surface area contributed by atoms with Gasteiger partial charge >= 0.3 is 11.9 Å². The second kappa shape index (κ2) is 27.4. The van der Waals surface area contributed by atoms with Crippen LogP contribution in [0.2, 0.25) is 0 Å². The number of carbonyl (C=O) groups excluding carboxylic acids is 4. The molecule has 0 radical (unpaired) electrons. The molecule has 0 bridgehead atoms. The van der Waals surface area contributed by atoms with Crippen molar-refractivity contribution >= 4 is 35.6 Å². The van der Waals surface area contributed by atoms with E-state index in [-0.39, 0.29) is 50.0 Å². The summed E-state index contributed by atoms with van der Waals surface area (Å²) in [5.41, 5.74) is 5.09. The number of primary amides is 1. The van der Waals surface area contributed by atoms with Gasteiger partial charge in [-0.15, -0.1) is 0 Å². The van der Waals surface area contributed by atoms with Gasteiger partial charge in [-0.05, 0) is 39.0 Å². The van der Waals surface area contributed by atoms with E-state index in [4.69, 9.17) is 10.8 Å². The number of amides is 4. The summed E-state index contributed by atoms with van der Waals surface area (Å²) in [6, 6.07) is -1.47. The topological polar surface area (TPSA) is 205 Å². The van der Waals surface area contributed by atoms with Crippen LogP contribution in [0.1, 0.15) is 148 Å². The molecule has 0 aromatic carbocycles. The summed E-state index contributed by atoms with van der Waals surface area (Å²) in [6.07, 6.45) is 17.3. The van der Waals surface area contributed by atoms with Crippen molar-refractivity contribution in [2.45, 2.75) is 160 Å². The first-order valence-corrected chi connectivity index (χ1v) is 16.6. The minimum Gasteiger partial charge on any atom is -0.481 e. The molecule has 254 valence electrons. The summed E-state index contributed by atoms with van der Waals surface area (Å²) in [4.78, 5) is 69.0. The Kier molecular flexibility index (Phi) is 25.4. The largest absolute Gasteiger partial charge is 0.481 e. The zero-order valence-electron chi connectivity index (χ0n) is 26.8. The van der Waals surface area contributed by atoms with E-state index in [1.165, 1.54) is 51.4 Å². The maximum absolute atomic E-state index is 12.2. The number of unbranched alkanes of at least 4 members (excludes halogenated alkanes) is 13. The van der Waals surface area contributed by atoms with Gasteiger partial charge in [0.25, 0.3) is 0 Å². The van der Waals surface area contributed by atoms with Crippen LogP contribution in [0, 0.1) is 0 Å². The monoisotopic (exact) mass is 626 g/mol. The van der Waals surface area contributed by atoms with E-state index in [1.54, 1.807) is 6.92 Å². The van der Waals surface area contributed by atoms with E-state index in [1.807, 2.05) is 0 Å². The van der Waals surface area contributed by atoms with Gasteiger partial charge in [0, 0.05) is 44.7 Å². The lowest BCUT2D eigenvalue weighted by atomic mass is 10.0. The van der Waals surface area contributed by atoms with E-state index < -0.39 is 29.8 Å². The summed E-state index contributed by atoms with van der Waals surface area (Å²) < 4.78 is 0. The number of rotatable bonds is 30. The molecule has 0 aliphatic carbocycles. The number of nitrogens with one attached hydrogen (secondary N) is 3. The quantitative estimate of drug-likeness (QED) is 0.0631. The van der Waals surface area contributed by atoms with Gasteiger partial charge in [0.2, 0.25) is 23.6 Å². The Morgan fingerprint density at radius 3 is 1.48 bits per heavy atom. The van der Waals surface area contributed by atoms with Crippen molar-refractivity contribution in [3.63, 3.8) is 0 Å². The van der Waals surface area contributed by atoms with Crippen molar-refractivity contribution < 1.29 is 39.0 Å². The molecule has 2 atom stereocenters. The molecule has 0 saturated heterocycles. The number of nitrogens with two attached hydrogens (primary N) is 1. The Hall–Kier alpha value is -3.18. The van der Waals surface area contributed by atoms with Crippen molar-refractivity contribution in [1.82, 2.24) is 16.0 Å². The highest BCUT2D eigenvalue weighted by Gasteiger charge is 2.21. The zero-order chi connectivity index (χ0) is 33.0. The van der Waals surface area contributed by atoms with Crippen LogP contribution < -0.4 is 21.7 Å². The average molecular weight is 627 g/mol. The molecule has 0 spiro atoms. The molecule has 0 aliphatic heterocycles. The fourth-order valence-electron chi connectivity index (χ4n) is 4.83. The average Bonchev–Trinajstić information content (AvgIpc) is 2.95. The summed E-state index contributed by atoms with van der Waals surface area (Å²) in [6.45, 7) is 2.06. The second-order valence-corrected chi connectivity index (χ2v) is 11.8. The van der Waals surface area contributed by atoms with E-state index in [0.717, 1.165) is 38.5 Å². The SMILES string of the molecule is CC(CCC(N)=O)NC(=O)CCC(NC(=O)CCCNC(=O)CCCCCCCCCCCCCCCCC(=O)O)C(=O)O. The van der Waals surface area contributed by atoms with Crippen molar-refractivity contribution in [3.8, 4) is 0 Å². The van der Waals surface area contributed by atoms with Crippen molar-refractivity contribution in [2.75, 3.05) is 6.54 Å². The predicted molar refractivity (Wildman–Crippen MR) is 169 cm³/mol. The Balaban J connectivity index is 3.72. The molecule has 0 heterocycles. The molecule has 0 aromatic heterocycles. The van der Waals surface area contributed by atoms with E-state index >= 15 is 0 Å². The number of hydrogen-bond acceptors (Lipinski definition) is 6. The highest BCUT2D eigenvalue weighted by Crippen LogP contribution is 2.14. The molecule has 12 nitrogen and oxygen atoms in total. The molecule has 0 aliphatic rings. The molecular formula is C32H58N4O8. The van der Waals surface area contributed by atoms with Crippen LogP contribution in [0.25, 0.3) is 0 Å². The predicted octanol–water partition coefficient (Wildman–Crippen LogP) is 4.33. The first kappa shape index (κ1) is 40.8. The number of carbonyl (C=O) groups is 6. The van der Waals surface area contributed by atoms with Crippen LogP contribution >= 0.6 is 0 Å². The van der Waals surface area contributed by atoms with Crippen LogP contribution in [0.3, 0.4) is 0 Å². The van der Waals surface area contributed by atoms with Crippen molar-refractivity contribution in [1.29, 1.82) is 0 Å². The first-order chi connectivity index (χ1) is 21.0. The highest BCUT2D eigenvalue weighted by molar-refractivity contribution is 5.84. The molecule has 2 unspecified atom stereocenters. The minimum atomic E-state index is -1.23. The fourth-order valence-corrected chi connectivity index (χ4v) is 4.83. The van der Waals surface area contributed by atoms with Crippen LogP contribution in [-0.4, -0.2) is 64.4 Å². The maximum Gasteiger partial charge on any atom is 0.326 e. The summed E-state index contributed by atoms with van der Waals surface area (Å²) in [7, 11) is 0. The van der Waals surface area contributed by atoms with Gasteiger partial charge in [-0.1, -0.05) is 77.0 Å². The van der Waals surface area contributed by atoms with Crippen LogP contribution in [-0.2, 0) is 28.8 Å². The van der Waals surface area contributed by atoms with Gasteiger partial charge in [0.1, 0.15) is 6.04 Å². The molecule has 0 rings (SSSR count). The highest BCUT2D eigenvalue weighted by atomic mass is 16.4. The van der Waals surface area contributed by atoms with Gasteiger partial charge in [-0.25, -0.2) is 4.79 Å². The number of carboxylic acid groups (broad SMARTS) is 2. The zero-order valence-corrected chi connectivity index (χ0v) is 26.8. The molecule has 12 heteroatoms. The fraction of sp³-hybridized carbons (Fsp3) is 0.812. The molecule has 4 amide bonds. The standard InChI is InChI=1S/C32H58N4O8/c1-25(20-22-27(33)37)35-30(40)23-21-26(32(43)44)36-29(39)18-16-24-34-28(38)17-14-12-10-8-6-4-2-3-5-7-9-11-13-15-19-31(41)42/h25-26H,2-24H2,1H3,(H2,33,37)(H,34,38)(H,35,40)(H,36,39)(H,41,42)(H,43,44). The molecule has 0 fully saturated rings. The Morgan fingerprint density at radius 1 is 0.545 bits per heavy atom. The van der Waals surface area contributed by atoms with E-state index in [2.05, 4.69) is 16.0 Å². The second-order valence-electron chi connectivity index (χ2n) is 11.8. The molecule has 0 saturated carbocycles. The Bertz CT molecular complexity index is 852. The number of aliphatic carboxylic acids is 2. The summed E-state index contributed by atoms with van der Waals surface area (Å²) in [5, 5.41) is 25.9. The first-order valence-electron chi connectivity index (χ1n) is 16.6. The Morgan fingerprint density at radius 2 is 1.00 bits per heavy atom. The lowest BCUT2D eigenvalue weighted by Crippen LogP contribution is -2.42. The maximum atomic E-state index is 12.2. The van der Waals surface area contributed by atoms with E-state index in [0.29, 0.717) is 25.8 Å². The van der Waals surface area contributed by atoms with Crippen molar-refractivity contribution in [2.24, 2.45) is 5.73 Å². The molecular weight excluding hydrogens is 568 g/mol. The van der Waals surface area contributed by atoms with Gasteiger partial charge in [-0.3, -0.25) is 24.0 Å². The smallest absolute Gasteiger partial charge is 0.326 e. The van der Waals surface area contributed by atoms with Crippen LogP contribution in [0.4, 0.5) is 0 Å². The van der Waals surface area contributed by atoms with Crippen LogP contribution in [0.15, 0.2) is 0 Å². The van der Waals surface area contributed by atoms with Gasteiger partial charge in [0.15, 0.2) is 0 Å². The minimum absolute atomic E-state index is 0.0493. The lowest BCUT2D eigenvalue weighted by molar-refractivity contribution is -0.142. The molecule has 0 aromatic rings. The van der Waals surface area contributed by atoms with Gasteiger partial charge in [-0.2, -0.15) is 0 Å². The van der Waals surface area contributed by atoms with Gasteiger partial charge < -0.3 is 31.9 Å². The number of hydrogen-bond donors (Lipinski definition) is 6. The van der Waals surface area contributed by atoms with Crippen molar-refractivity contribution in [3.05, 3.63) is 0 Å². The normalized spacial score (nSPS) is 12.2. The Labute approximate surface area is 263 Å². The molecule has 44 heavy (non-hydrogen) atoms. The lowest BCUT2D eigenvalue weighted by Gasteiger charge is -2.16. The third-order valence-electron chi connectivity index (χ3n) is 7.47. The van der Waals surface area contributed by atoms with E-state index in [9.17, 15) is 33.9 Å².